The molecule has 0 radical (unpaired) electrons. The van der Waals surface area contributed by atoms with Gasteiger partial charge in [-0.3, -0.25) is 0 Å². The van der Waals surface area contributed by atoms with Crippen LogP contribution in [0, 0.1) is 0 Å². The maximum Gasteiger partial charge on any atom is 0.259 e. The lowest BCUT2D eigenvalue weighted by Gasteiger charge is -2.03. The van der Waals surface area contributed by atoms with E-state index in [1.165, 1.54) is 6.33 Å². The molecule has 0 saturated carbocycles. The van der Waals surface area contributed by atoms with E-state index < -0.39 is 0 Å². The molecule has 0 unspecified atom stereocenters. The van der Waals surface area contributed by atoms with E-state index in [9.17, 15) is 0 Å². The Hall–Kier alpha value is -2.95. The molecule has 0 saturated heterocycles. The van der Waals surface area contributed by atoms with Crippen LogP contribution in [0.2, 0.25) is 0 Å². The van der Waals surface area contributed by atoms with Crippen molar-refractivity contribution in [2.24, 2.45) is 5.16 Å². The summed E-state index contributed by atoms with van der Waals surface area (Å²) in [5.41, 5.74) is 1.65. The number of methoxy groups -OCH3 is 1. The summed E-state index contributed by atoms with van der Waals surface area (Å²) >= 11 is 0. The van der Waals surface area contributed by atoms with E-state index in [-0.39, 0.29) is 0 Å². The average molecular weight is 279 g/mol. The lowest BCUT2D eigenvalue weighted by Crippen LogP contribution is -1.94. The predicted octanol–water partition coefficient (Wildman–Crippen LogP) is 3.05. The number of oxime groups is 1. The molecular formula is C16H13N3O2. The minimum atomic E-state index is 0.423. The summed E-state index contributed by atoms with van der Waals surface area (Å²) in [5.74, 6) is 1.16. The van der Waals surface area contributed by atoms with Gasteiger partial charge in [0.15, 0.2) is 0 Å². The predicted molar refractivity (Wildman–Crippen MR) is 80.8 cm³/mol. The van der Waals surface area contributed by atoms with Crippen LogP contribution in [0.15, 0.2) is 60.0 Å². The van der Waals surface area contributed by atoms with E-state index in [1.807, 2.05) is 48.5 Å². The van der Waals surface area contributed by atoms with E-state index in [4.69, 9.17) is 9.57 Å². The second kappa shape index (κ2) is 6.00. The molecule has 21 heavy (non-hydrogen) atoms. The molecule has 104 valence electrons. The quantitative estimate of drug-likeness (QED) is 0.544. The first-order valence-corrected chi connectivity index (χ1v) is 6.41. The summed E-state index contributed by atoms with van der Waals surface area (Å²) in [6.45, 7) is 0. The van der Waals surface area contributed by atoms with Gasteiger partial charge in [0.25, 0.3) is 5.88 Å². The lowest BCUT2D eigenvalue weighted by atomic mass is 10.2. The fourth-order valence-corrected chi connectivity index (χ4v) is 1.96. The summed E-state index contributed by atoms with van der Waals surface area (Å²) in [6, 6.07) is 15.2. The van der Waals surface area contributed by atoms with Crippen molar-refractivity contribution >= 4 is 17.1 Å². The maximum atomic E-state index is 5.39. The first kappa shape index (κ1) is 13.1. The van der Waals surface area contributed by atoms with E-state index in [0.29, 0.717) is 5.88 Å². The van der Waals surface area contributed by atoms with Crippen LogP contribution in [0.3, 0.4) is 0 Å². The van der Waals surface area contributed by atoms with Crippen molar-refractivity contribution in [2.75, 3.05) is 7.11 Å². The zero-order valence-electron chi connectivity index (χ0n) is 11.4. The van der Waals surface area contributed by atoms with Crippen LogP contribution in [-0.4, -0.2) is 23.3 Å². The third-order valence-electron chi connectivity index (χ3n) is 2.98. The van der Waals surface area contributed by atoms with Crippen LogP contribution in [0.1, 0.15) is 5.56 Å². The molecule has 0 aliphatic carbocycles. The molecular weight excluding hydrogens is 266 g/mol. The van der Waals surface area contributed by atoms with Gasteiger partial charge in [-0.1, -0.05) is 29.4 Å². The molecule has 0 aliphatic heterocycles. The number of fused-ring (bicyclic) bond motifs is 1. The number of aromatic nitrogens is 2. The Balaban J connectivity index is 1.85. The van der Waals surface area contributed by atoms with Crippen LogP contribution in [-0.2, 0) is 0 Å². The average Bonchev–Trinajstić information content (AvgIpc) is 2.55. The van der Waals surface area contributed by atoms with Gasteiger partial charge in [-0.2, -0.15) is 4.98 Å². The zero-order valence-corrected chi connectivity index (χ0v) is 11.4. The van der Waals surface area contributed by atoms with Crippen molar-refractivity contribution < 1.29 is 9.57 Å². The Morgan fingerprint density at radius 1 is 1.00 bits per heavy atom. The van der Waals surface area contributed by atoms with E-state index in [0.717, 1.165) is 22.2 Å². The third-order valence-corrected chi connectivity index (χ3v) is 2.98. The summed E-state index contributed by atoms with van der Waals surface area (Å²) in [7, 11) is 1.62. The van der Waals surface area contributed by atoms with Crippen LogP contribution in [0.25, 0.3) is 10.9 Å². The standard InChI is InChI=1S/C16H13N3O2/c1-20-15-9-5-2-6-12(15)10-19-21-16-13-7-3-4-8-14(13)17-11-18-16/h2-11H,1H3. The summed E-state index contributed by atoms with van der Waals surface area (Å²) in [5, 5.41) is 4.79. The molecule has 2 aromatic carbocycles. The van der Waals surface area contributed by atoms with Crippen molar-refractivity contribution in [1.29, 1.82) is 0 Å². The fourth-order valence-electron chi connectivity index (χ4n) is 1.96. The van der Waals surface area contributed by atoms with E-state index >= 15 is 0 Å². The van der Waals surface area contributed by atoms with Crippen LogP contribution in [0.5, 0.6) is 11.6 Å². The van der Waals surface area contributed by atoms with Gasteiger partial charge in [0.2, 0.25) is 0 Å². The minimum absolute atomic E-state index is 0.423. The highest BCUT2D eigenvalue weighted by atomic mass is 16.6. The normalized spacial score (nSPS) is 10.9. The molecule has 5 heteroatoms. The van der Waals surface area contributed by atoms with Crippen molar-refractivity contribution in [1.82, 2.24) is 9.97 Å². The molecule has 0 spiro atoms. The molecule has 0 bridgehead atoms. The molecule has 3 aromatic rings. The van der Waals surface area contributed by atoms with Crippen molar-refractivity contribution in [2.45, 2.75) is 0 Å². The molecule has 0 amide bonds. The van der Waals surface area contributed by atoms with E-state index in [2.05, 4.69) is 15.1 Å². The van der Waals surface area contributed by atoms with Gasteiger partial charge in [-0.25, -0.2) is 4.98 Å². The Morgan fingerprint density at radius 3 is 2.71 bits per heavy atom. The highest BCUT2D eigenvalue weighted by Gasteiger charge is 2.03. The van der Waals surface area contributed by atoms with Gasteiger partial charge in [-0.05, 0) is 24.3 Å². The summed E-state index contributed by atoms with van der Waals surface area (Å²) < 4.78 is 5.25. The molecule has 0 atom stereocenters. The number of hydrogen-bond acceptors (Lipinski definition) is 5. The van der Waals surface area contributed by atoms with Crippen LogP contribution in [0.4, 0.5) is 0 Å². The largest absolute Gasteiger partial charge is 0.496 e. The number of nitrogens with zero attached hydrogens (tertiary/aromatic N) is 3. The van der Waals surface area contributed by atoms with Crippen molar-refractivity contribution in [3.05, 3.63) is 60.4 Å². The Labute approximate surface area is 121 Å². The van der Waals surface area contributed by atoms with E-state index in [1.54, 1.807) is 13.3 Å². The first-order valence-electron chi connectivity index (χ1n) is 6.41. The monoisotopic (exact) mass is 279 g/mol. The van der Waals surface area contributed by atoms with Gasteiger partial charge in [-0.15, -0.1) is 0 Å². The zero-order chi connectivity index (χ0) is 14.5. The minimum Gasteiger partial charge on any atom is -0.496 e. The molecule has 0 N–H and O–H groups in total. The smallest absolute Gasteiger partial charge is 0.259 e. The van der Waals surface area contributed by atoms with Gasteiger partial charge < -0.3 is 9.57 Å². The van der Waals surface area contributed by atoms with Gasteiger partial charge >= 0.3 is 0 Å². The highest BCUT2D eigenvalue weighted by Crippen LogP contribution is 2.21. The Morgan fingerprint density at radius 2 is 1.81 bits per heavy atom. The number of benzene rings is 2. The lowest BCUT2D eigenvalue weighted by molar-refractivity contribution is 0.334. The molecule has 0 fully saturated rings. The molecule has 1 aromatic heterocycles. The molecule has 1 heterocycles. The molecule has 0 aliphatic rings. The van der Waals surface area contributed by atoms with Crippen LogP contribution < -0.4 is 9.57 Å². The Kier molecular flexibility index (Phi) is 3.73. The first-order chi connectivity index (χ1) is 10.4. The third kappa shape index (κ3) is 2.81. The second-order valence-corrected chi connectivity index (χ2v) is 4.26. The van der Waals surface area contributed by atoms with Crippen molar-refractivity contribution in [3.8, 4) is 11.6 Å². The van der Waals surface area contributed by atoms with Crippen molar-refractivity contribution in [3.63, 3.8) is 0 Å². The molecule has 3 rings (SSSR count). The summed E-state index contributed by atoms with van der Waals surface area (Å²) in [6.07, 6.45) is 3.05. The van der Waals surface area contributed by atoms with Gasteiger partial charge in [0.1, 0.15) is 12.1 Å². The van der Waals surface area contributed by atoms with Crippen LogP contribution >= 0.6 is 0 Å². The SMILES string of the molecule is COc1ccccc1C=NOc1ncnc2ccccc12. The number of para-hydroxylation sites is 2. The highest BCUT2D eigenvalue weighted by molar-refractivity contribution is 5.84. The Bertz CT molecular complexity index is 782. The maximum absolute atomic E-state index is 5.39. The number of hydrogen-bond donors (Lipinski definition) is 0. The second-order valence-electron chi connectivity index (χ2n) is 4.26. The number of rotatable bonds is 4. The summed E-state index contributed by atoms with van der Waals surface area (Å²) in [4.78, 5) is 13.7. The number of ether oxygens (including phenoxy) is 1. The van der Waals surface area contributed by atoms with Gasteiger partial charge in [0.05, 0.1) is 24.2 Å². The fraction of sp³-hybridized carbons (Fsp3) is 0.0625. The topological polar surface area (TPSA) is 56.6 Å². The molecule has 5 nitrogen and oxygen atoms in total. The van der Waals surface area contributed by atoms with Gasteiger partial charge in [0, 0.05) is 5.56 Å².